The van der Waals surface area contributed by atoms with Crippen molar-refractivity contribution in [2.24, 2.45) is 0 Å². The van der Waals surface area contributed by atoms with Gasteiger partial charge in [0.15, 0.2) is 5.82 Å². The van der Waals surface area contributed by atoms with Gasteiger partial charge in [0.05, 0.1) is 11.3 Å². The van der Waals surface area contributed by atoms with Crippen LogP contribution in [-0.2, 0) is 4.74 Å². The first kappa shape index (κ1) is 17.6. The third kappa shape index (κ3) is 5.90. The van der Waals surface area contributed by atoms with Crippen LogP contribution in [-0.4, -0.2) is 34.3 Å². The smallest absolute Gasteiger partial charge is 0.407 e. The van der Waals surface area contributed by atoms with Crippen molar-refractivity contribution in [2.75, 3.05) is 6.54 Å². The first-order valence-corrected chi connectivity index (χ1v) is 6.72. The van der Waals surface area contributed by atoms with Crippen LogP contribution in [0, 0.1) is 5.82 Å². The second kappa shape index (κ2) is 7.53. The van der Waals surface area contributed by atoms with E-state index in [0.29, 0.717) is 13.0 Å². The number of nitrogens with one attached hydrogen (secondary N) is 1. The highest BCUT2D eigenvalue weighted by molar-refractivity contribution is 5.88. The van der Waals surface area contributed by atoms with Crippen molar-refractivity contribution in [2.45, 2.75) is 32.8 Å². The summed E-state index contributed by atoms with van der Waals surface area (Å²) in [6.45, 7) is 5.59. The fraction of sp³-hybridized carbons (Fsp3) is 0.400. The standard InChI is InChI=1S/C15H19FN2O4/c1-15(2,3)22-14(21)18-8-5-4-6-11-12(16)10(13(19)20)7-9-17-11/h4,6-7,9H,5,8H2,1-3H3,(H,18,21)(H,19,20). The van der Waals surface area contributed by atoms with Gasteiger partial charge in [0.25, 0.3) is 0 Å². The molecule has 120 valence electrons. The number of ether oxygens (including phenoxy) is 1. The van der Waals surface area contributed by atoms with Gasteiger partial charge in [0.2, 0.25) is 0 Å². The Labute approximate surface area is 128 Å². The van der Waals surface area contributed by atoms with Crippen LogP contribution in [0.25, 0.3) is 6.08 Å². The van der Waals surface area contributed by atoms with E-state index in [1.54, 1.807) is 26.8 Å². The van der Waals surface area contributed by atoms with Crippen LogP contribution >= 0.6 is 0 Å². The normalized spacial score (nSPS) is 11.5. The quantitative estimate of drug-likeness (QED) is 0.816. The number of carboxylic acids is 1. The second-order valence-electron chi connectivity index (χ2n) is 5.48. The number of hydrogen-bond acceptors (Lipinski definition) is 4. The van der Waals surface area contributed by atoms with Gasteiger partial charge in [-0.2, -0.15) is 0 Å². The first-order chi connectivity index (χ1) is 10.2. The fourth-order valence-corrected chi connectivity index (χ4v) is 1.51. The van der Waals surface area contributed by atoms with Gasteiger partial charge in [-0.15, -0.1) is 0 Å². The lowest BCUT2D eigenvalue weighted by Gasteiger charge is -2.19. The number of amides is 1. The van der Waals surface area contributed by atoms with Gasteiger partial charge >= 0.3 is 12.1 Å². The lowest BCUT2D eigenvalue weighted by Crippen LogP contribution is -2.32. The zero-order chi connectivity index (χ0) is 16.8. The minimum absolute atomic E-state index is 0.0582. The molecule has 1 aromatic heterocycles. The number of alkyl carbamates (subject to hydrolysis) is 1. The largest absolute Gasteiger partial charge is 0.478 e. The molecule has 22 heavy (non-hydrogen) atoms. The van der Waals surface area contributed by atoms with Crippen LogP contribution in [0.1, 0.15) is 43.2 Å². The van der Waals surface area contributed by atoms with Crippen molar-refractivity contribution in [3.63, 3.8) is 0 Å². The molecule has 0 fully saturated rings. The van der Waals surface area contributed by atoms with Crippen LogP contribution in [0.15, 0.2) is 18.3 Å². The van der Waals surface area contributed by atoms with Crippen molar-refractivity contribution < 1.29 is 23.8 Å². The second-order valence-corrected chi connectivity index (χ2v) is 5.48. The Kier molecular flexibility index (Phi) is 6.03. The van der Waals surface area contributed by atoms with Crippen LogP contribution in [0.2, 0.25) is 0 Å². The van der Waals surface area contributed by atoms with Crippen LogP contribution in [0.4, 0.5) is 9.18 Å². The number of nitrogens with zero attached hydrogens (tertiary/aromatic N) is 1. The van der Waals surface area contributed by atoms with Gasteiger partial charge in [0.1, 0.15) is 5.60 Å². The first-order valence-electron chi connectivity index (χ1n) is 6.72. The molecule has 0 aliphatic carbocycles. The molecule has 1 aromatic rings. The number of hydrogen-bond donors (Lipinski definition) is 2. The van der Waals surface area contributed by atoms with E-state index in [4.69, 9.17) is 9.84 Å². The number of carboxylic acid groups (broad SMARTS) is 1. The molecule has 1 heterocycles. The molecule has 0 saturated heterocycles. The van der Waals surface area contributed by atoms with E-state index in [9.17, 15) is 14.0 Å². The molecule has 1 amide bonds. The molecule has 0 radical (unpaired) electrons. The number of halogens is 1. The maximum absolute atomic E-state index is 13.8. The Morgan fingerprint density at radius 2 is 2.14 bits per heavy atom. The summed E-state index contributed by atoms with van der Waals surface area (Å²) in [5, 5.41) is 11.3. The van der Waals surface area contributed by atoms with Crippen molar-refractivity contribution in [1.82, 2.24) is 10.3 Å². The molecule has 0 saturated carbocycles. The van der Waals surface area contributed by atoms with Gasteiger partial charge in [-0.1, -0.05) is 6.08 Å². The molecule has 0 spiro atoms. The maximum atomic E-state index is 13.8. The van der Waals surface area contributed by atoms with E-state index in [-0.39, 0.29) is 5.69 Å². The van der Waals surface area contributed by atoms with Crippen molar-refractivity contribution in [1.29, 1.82) is 0 Å². The van der Waals surface area contributed by atoms with Crippen molar-refractivity contribution in [3.8, 4) is 0 Å². The zero-order valence-corrected chi connectivity index (χ0v) is 12.7. The average molecular weight is 310 g/mol. The molecule has 1 rings (SSSR count). The van der Waals surface area contributed by atoms with Crippen LogP contribution in [0.3, 0.4) is 0 Å². The summed E-state index contributed by atoms with van der Waals surface area (Å²) in [4.78, 5) is 25.9. The molecule has 0 bridgehead atoms. The van der Waals surface area contributed by atoms with Crippen molar-refractivity contribution >= 4 is 18.1 Å². The van der Waals surface area contributed by atoms with E-state index in [0.717, 1.165) is 6.07 Å². The maximum Gasteiger partial charge on any atom is 0.407 e. The molecular formula is C15H19FN2O4. The summed E-state index contributed by atoms with van der Waals surface area (Å²) in [5.74, 6) is -2.23. The number of carbonyl (C=O) groups excluding carboxylic acids is 1. The monoisotopic (exact) mass is 310 g/mol. The Morgan fingerprint density at radius 3 is 2.73 bits per heavy atom. The Hall–Kier alpha value is -2.44. The molecule has 0 aromatic carbocycles. The molecule has 0 aliphatic heterocycles. The van der Waals surface area contributed by atoms with Crippen LogP contribution < -0.4 is 5.32 Å². The molecule has 0 unspecified atom stereocenters. The summed E-state index contributed by atoms with van der Waals surface area (Å²) in [6, 6.07) is 1.10. The van der Waals surface area contributed by atoms with Gasteiger partial charge in [-0.25, -0.2) is 14.0 Å². The molecule has 2 N–H and O–H groups in total. The number of carbonyl (C=O) groups is 2. The van der Waals surface area contributed by atoms with E-state index in [2.05, 4.69) is 10.3 Å². The zero-order valence-electron chi connectivity index (χ0n) is 12.7. The Morgan fingerprint density at radius 1 is 1.45 bits per heavy atom. The van der Waals surface area contributed by atoms with E-state index in [1.165, 1.54) is 12.3 Å². The van der Waals surface area contributed by atoms with E-state index >= 15 is 0 Å². The third-order valence-corrected chi connectivity index (χ3v) is 2.40. The average Bonchev–Trinajstić information content (AvgIpc) is 2.37. The number of pyridine rings is 1. The van der Waals surface area contributed by atoms with Gasteiger partial charge < -0.3 is 15.2 Å². The highest BCUT2D eigenvalue weighted by Gasteiger charge is 2.15. The SMILES string of the molecule is CC(C)(C)OC(=O)NCCC=Cc1nccc(C(=O)O)c1F. The van der Waals surface area contributed by atoms with Crippen LogP contribution in [0.5, 0.6) is 0 Å². The lowest BCUT2D eigenvalue weighted by molar-refractivity contribution is 0.0528. The summed E-state index contributed by atoms with van der Waals surface area (Å²) >= 11 is 0. The third-order valence-electron chi connectivity index (χ3n) is 2.40. The minimum atomic E-state index is -1.35. The topological polar surface area (TPSA) is 88.5 Å². The minimum Gasteiger partial charge on any atom is -0.478 e. The predicted octanol–water partition coefficient (Wildman–Crippen LogP) is 2.85. The summed E-state index contributed by atoms with van der Waals surface area (Å²) in [6.07, 6.45) is 4.09. The Bertz CT molecular complexity index is 579. The predicted molar refractivity (Wildman–Crippen MR) is 79.0 cm³/mol. The Balaban J connectivity index is 2.49. The molecule has 0 aliphatic rings. The van der Waals surface area contributed by atoms with Gasteiger partial charge in [-0.05, 0) is 39.3 Å². The molecule has 7 heteroatoms. The van der Waals surface area contributed by atoms with Crippen molar-refractivity contribution in [3.05, 3.63) is 35.4 Å². The fourth-order valence-electron chi connectivity index (χ4n) is 1.51. The highest BCUT2D eigenvalue weighted by atomic mass is 19.1. The summed E-state index contributed by atoms with van der Waals surface area (Å²) in [7, 11) is 0. The number of aromatic nitrogens is 1. The molecule has 0 atom stereocenters. The number of rotatable bonds is 5. The van der Waals surface area contributed by atoms with Gasteiger partial charge in [0, 0.05) is 12.7 Å². The number of aromatic carboxylic acids is 1. The summed E-state index contributed by atoms with van der Waals surface area (Å²) in [5.41, 5.74) is -1.05. The molecule has 6 nitrogen and oxygen atoms in total. The molecular weight excluding hydrogens is 291 g/mol. The summed E-state index contributed by atoms with van der Waals surface area (Å²) < 4.78 is 18.8. The lowest BCUT2D eigenvalue weighted by atomic mass is 10.2. The van der Waals surface area contributed by atoms with E-state index < -0.39 is 29.0 Å². The highest BCUT2D eigenvalue weighted by Crippen LogP contribution is 2.12. The van der Waals surface area contributed by atoms with E-state index in [1.807, 2.05) is 0 Å². The van der Waals surface area contributed by atoms with Gasteiger partial charge in [-0.3, -0.25) is 4.98 Å².